The molecule has 1 atom stereocenters. The van der Waals surface area contributed by atoms with E-state index in [-0.39, 0.29) is 0 Å². The van der Waals surface area contributed by atoms with Gasteiger partial charge in [0.25, 0.3) is 0 Å². The number of hydrogen-bond donors (Lipinski definition) is 1. The quantitative estimate of drug-likeness (QED) is 0.653. The largest absolute Gasteiger partial charge is 0.385 e. The summed E-state index contributed by atoms with van der Waals surface area (Å²) in [6.07, 6.45) is 1.09. The molecule has 2 nitrogen and oxygen atoms in total. The van der Waals surface area contributed by atoms with Crippen molar-refractivity contribution < 1.29 is 4.74 Å². The average Bonchev–Trinajstić information content (AvgIpc) is 2.04. The summed E-state index contributed by atoms with van der Waals surface area (Å²) < 4.78 is 4.87. The van der Waals surface area contributed by atoms with Crippen molar-refractivity contribution >= 4 is 0 Å². The topological polar surface area (TPSA) is 21.3 Å². The smallest absolute Gasteiger partial charge is 0.0476 e. The predicted molar refractivity (Wildman–Crippen MR) is 46.4 cm³/mol. The van der Waals surface area contributed by atoms with Gasteiger partial charge in [0.05, 0.1) is 0 Å². The highest BCUT2D eigenvalue weighted by Crippen LogP contribution is 1.87. The Labute approximate surface area is 65.0 Å². The second-order valence-electron chi connectivity index (χ2n) is 1.97. The minimum atomic E-state index is 0.579. The third kappa shape index (κ3) is 10.8. The van der Waals surface area contributed by atoms with Crippen molar-refractivity contribution in [3.8, 4) is 0 Å². The molecule has 0 bridgehead atoms. The van der Waals surface area contributed by atoms with Crippen LogP contribution in [0.25, 0.3) is 0 Å². The minimum absolute atomic E-state index is 0.579. The van der Waals surface area contributed by atoms with Crippen LogP contribution in [0.15, 0.2) is 0 Å². The van der Waals surface area contributed by atoms with E-state index in [9.17, 15) is 0 Å². The second-order valence-corrected chi connectivity index (χ2v) is 1.97. The number of methoxy groups -OCH3 is 1. The van der Waals surface area contributed by atoms with Crippen LogP contribution in [-0.2, 0) is 4.74 Å². The third-order valence-electron chi connectivity index (χ3n) is 1.25. The summed E-state index contributed by atoms with van der Waals surface area (Å²) >= 11 is 0. The van der Waals surface area contributed by atoms with E-state index in [0.717, 1.165) is 13.0 Å². The van der Waals surface area contributed by atoms with Gasteiger partial charge < -0.3 is 10.1 Å². The van der Waals surface area contributed by atoms with Gasteiger partial charge in [-0.2, -0.15) is 0 Å². The number of rotatable bonds is 4. The van der Waals surface area contributed by atoms with Crippen LogP contribution in [0.1, 0.15) is 27.2 Å². The molecule has 0 radical (unpaired) electrons. The van der Waals surface area contributed by atoms with E-state index in [1.807, 2.05) is 20.9 Å². The Bertz CT molecular complexity index is 48.5. The first-order valence-corrected chi connectivity index (χ1v) is 3.97. The minimum Gasteiger partial charge on any atom is -0.385 e. The van der Waals surface area contributed by atoms with Gasteiger partial charge >= 0.3 is 0 Å². The van der Waals surface area contributed by atoms with Crippen LogP contribution in [0, 0.1) is 0 Å². The zero-order valence-electron chi connectivity index (χ0n) is 7.90. The molecule has 0 heterocycles. The first-order chi connectivity index (χ1) is 4.81. The van der Waals surface area contributed by atoms with E-state index in [2.05, 4.69) is 12.2 Å². The van der Waals surface area contributed by atoms with Crippen LogP contribution >= 0.6 is 0 Å². The number of hydrogen-bond acceptors (Lipinski definition) is 2. The van der Waals surface area contributed by atoms with E-state index in [1.54, 1.807) is 7.11 Å². The Balaban J connectivity index is 0. The standard InChI is InChI=1S/C6H15NO.C2H6/c1-6(7-2)4-5-8-3;1-2/h6-7H,4-5H2,1-3H3;1-2H3. The molecule has 0 aromatic carbocycles. The van der Waals surface area contributed by atoms with Crippen LogP contribution in [0.3, 0.4) is 0 Å². The second kappa shape index (κ2) is 11.7. The summed E-state index contributed by atoms with van der Waals surface area (Å²) in [6.45, 7) is 6.99. The molecule has 0 aliphatic rings. The zero-order valence-corrected chi connectivity index (χ0v) is 7.90. The van der Waals surface area contributed by atoms with Crippen molar-refractivity contribution in [2.24, 2.45) is 0 Å². The predicted octanol–water partition coefficient (Wildman–Crippen LogP) is 1.66. The molecule has 0 spiro atoms. The first kappa shape index (κ1) is 12.6. The molecular formula is C8H21NO. The van der Waals surface area contributed by atoms with Crippen LogP contribution in [0.5, 0.6) is 0 Å². The summed E-state index contributed by atoms with van der Waals surface area (Å²) in [7, 11) is 3.68. The molecule has 0 fully saturated rings. The number of ether oxygens (including phenoxy) is 1. The van der Waals surface area contributed by atoms with Gasteiger partial charge in [0.2, 0.25) is 0 Å². The molecule has 1 N–H and O–H groups in total. The van der Waals surface area contributed by atoms with Crippen LogP contribution in [0.4, 0.5) is 0 Å². The summed E-state index contributed by atoms with van der Waals surface area (Å²) in [4.78, 5) is 0. The molecule has 0 aliphatic carbocycles. The summed E-state index contributed by atoms with van der Waals surface area (Å²) in [6, 6.07) is 0.579. The Morgan fingerprint density at radius 2 is 1.90 bits per heavy atom. The normalized spacial score (nSPS) is 11.7. The Kier molecular flexibility index (Phi) is 14.7. The molecule has 0 saturated heterocycles. The van der Waals surface area contributed by atoms with E-state index in [4.69, 9.17) is 4.74 Å². The Morgan fingerprint density at radius 1 is 1.40 bits per heavy atom. The fourth-order valence-electron chi connectivity index (χ4n) is 0.439. The molecule has 0 saturated carbocycles. The van der Waals surface area contributed by atoms with Gasteiger partial charge in [-0.15, -0.1) is 0 Å². The van der Waals surface area contributed by atoms with E-state index in [1.165, 1.54) is 0 Å². The van der Waals surface area contributed by atoms with Crippen LogP contribution in [0.2, 0.25) is 0 Å². The van der Waals surface area contributed by atoms with Crippen molar-refractivity contribution in [3.05, 3.63) is 0 Å². The van der Waals surface area contributed by atoms with E-state index >= 15 is 0 Å². The van der Waals surface area contributed by atoms with Gasteiger partial charge in [-0.3, -0.25) is 0 Å². The summed E-state index contributed by atoms with van der Waals surface area (Å²) in [5.74, 6) is 0. The molecule has 0 amide bonds. The summed E-state index contributed by atoms with van der Waals surface area (Å²) in [5, 5.41) is 3.12. The lowest BCUT2D eigenvalue weighted by Gasteiger charge is -2.07. The van der Waals surface area contributed by atoms with Gasteiger partial charge in [-0.25, -0.2) is 0 Å². The molecule has 10 heavy (non-hydrogen) atoms. The molecule has 1 unspecified atom stereocenters. The monoisotopic (exact) mass is 147 g/mol. The van der Waals surface area contributed by atoms with Crippen LogP contribution < -0.4 is 5.32 Å². The molecule has 0 aromatic heterocycles. The first-order valence-electron chi connectivity index (χ1n) is 3.97. The molecule has 0 aromatic rings. The van der Waals surface area contributed by atoms with E-state index < -0.39 is 0 Å². The highest BCUT2D eigenvalue weighted by Gasteiger charge is 1.93. The van der Waals surface area contributed by atoms with Crippen molar-refractivity contribution in [2.75, 3.05) is 20.8 Å². The third-order valence-corrected chi connectivity index (χ3v) is 1.25. The van der Waals surface area contributed by atoms with Crippen molar-refractivity contribution in [1.82, 2.24) is 5.32 Å². The van der Waals surface area contributed by atoms with Gasteiger partial charge in [0.15, 0.2) is 0 Å². The van der Waals surface area contributed by atoms with E-state index in [0.29, 0.717) is 6.04 Å². The molecular weight excluding hydrogens is 126 g/mol. The fraction of sp³-hybridized carbons (Fsp3) is 1.00. The maximum absolute atomic E-state index is 4.87. The highest BCUT2D eigenvalue weighted by molar-refractivity contribution is 4.54. The lowest BCUT2D eigenvalue weighted by molar-refractivity contribution is 0.186. The lowest BCUT2D eigenvalue weighted by Crippen LogP contribution is -2.22. The summed E-state index contributed by atoms with van der Waals surface area (Å²) in [5.41, 5.74) is 0. The van der Waals surface area contributed by atoms with Crippen LogP contribution in [-0.4, -0.2) is 26.8 Å². The fourth-order valence-corrected chi connectivity index (χ4v) is 0.439. The van der Waals surface area contributed by atoms with Gasteiger partial charge in [-0.1, -0.05) is 13.8 Å². The average molecular weight is 147 g/mol. The van der Waals surface area contributed by atoms with Crippen molar-refractivity contribution in [3.63, 3.8) is 0 Å². The maximum Gasteiger partial charge on any atom is 0.0476 e. The van der Waals surface area contributed by atoms with Crippen molar-refractivity contribution in [1.29, 1.82) is 0 Å². The highest BCUT2D eigenvalue weighted by atomic mass is 16.5. The van der Waals surface area contributed by atoms with Gasteiger partial charge in [-0.05, 0) is 20.4 Å². The number of nitrogens with one attached hydrogen (secondary N) is 1. The van der Waals surface area contributed by atoms with Gasteiger partial charge in [0.1, 0.15) is 0 Å². The molecule has 64 valence electrons. The molecule has 2 heteroatoms. The SMILES string of the molecule is CC.CNC(C)CCOC. The Morgan fingerprint density at radius 3 is 2.20 bits per heavy atom. The Hall–Kier alpha value is -0.0800. The molecule has 0 aliphatic heterocycles. The zero-order chi connectivity index (χ0) is 8.41. The van der Waals surface area contributed by atoms with Gasteiger partial charge in [0, 0.05) is 19.8 Å². The lowest BCUT2D eigenvalue weighted by atomic mass is 10.2. The molecule has 0 rings (SSSR count). The maximum atomic E-state index is 4.87. The van der Waals surface area contributed by atoms with Crippen molar-refractivity contribution in [2.45, 2.75) is 33.2 Å².